The van der Waals surface area contributed by atoms with Crippen molar-refractivity contribution in [1.82, 2.24) is 20.2 Å². The number of amides is 1. The minimum atomic E-state index is -0.0446. The highest BCUT2D eigenvalue weighted by molar-refractivity contribution is 9.10. The molecule has 3 rings (SSSR count). The van der Waals surface area contributed by atoms with Gasteiger partial charge < -0.3 is 0 Å². The van der Waals surface area contributed by atoms with Crippen molar-refractivity contribution in [2.45, 2.75) is 18.6 Å². The van der Waals surface area contributed by atoms with Gasteiger partial charge in [-0.25, -0.2) is 9.97 Å². The Kier molecular flexibility index (Phi) is 3.47. The quantitative estimate of drug-likeness (QED) is 0.877. The van der Waals surface area contributed by atoms with E-state index in [2.05, 4.69) is 36.1 Å². The van der Waals surface area contributed by atoms with E-state index in [9.17, 15) is 9.59 Å². The summed E-state index contributed by atoms with van der Waals surface area (Å²) < 4.78 is 0.638. The second-order valence-electron chi connectivity index (χ2n) is 4.37. The van der Waals surface area contributed by atoms with Gasteiger partial charge in [-0.3, -0.25) is 19.6 Å². The normalized spacial score (nSPS) is 19.0. The fourth-order valence-electron chi connectivity index (χ4n) is 2.20. The van der Waals surface area contributed by atoms with E-state index in [-0.39, 0.29) is 16.3 Å². The molecule has 1 fully saturated rings. The van der Waals surface area contributed by atoms with Crippen molar-refractivity contribution in [2.24, 2.45) is 0 Å². The molecule has 20 heavy (non-hydrogen) atoms. The molecule has 7 nitrogen and oxygen atoms in total. The molecule has 2 aromatic rings. The zero-order valence-electron chi connectivity index (χ0n) is 10.5. The lowest BCUT2D eigenvalue weighted by atomic mass is 10.3. The monoisotopic (exact) mass is 355 g/mol. The lowest BCUT2D eigenvalue weighted by molar-refractivity contribution is -0.117. The molecular formula is C11H10BrN5O2S. The number of carbonyl (C=O) groups excluding carboxylic acids is 2. The Morgan fingerprint density at radius 3 is 3.10 bits per heavy atom. The minimum Gasteiger partial charge on any atom is -0.295 e. The molecule has 0 radical (unpaired) electrons. The summed E-state index contributed by atoms with van der Waals surface area (Å²) >= 11 is 4.54. The Morgan fingerprint density at radius 1 is 1.55 bits per heavy atom. The summed E-state index contributed by atoms with van der Waals surface area (Å²) in [6.45, 7) is 1.97. The Balaban J connectivity index is 1.97. The second kappa shape index (κ2) is 5.13. The van der Waals surface area contributed by atoms with Crippen LogP contribution in [-0.4, -0.2) is 43.0 Å². The van der Waals surface area contributed by atoms with Crippen LogP contribution in [0.3, 0.4) is 0 Å². The van der Waals surface area contributed by atoms with Gasteiger partial charge in [0.25, 0.3) is 0 Å². The summed E-state index contributed by atoms with van der Waals surface area (Å²) in [6.07, 6.45) is 1.72. The summed E-state index contributed by atoms with van der Waals surface area (Å²) in [5.74, 6) is 0.476. The maximum absolute atomic E-state index is 12.1. The van der Waals surface area contributed by atoms with E-state index in [1.165, 1.54) is 25.0 Å². The zero-order chi connectivity index (χ0) is 14.3. The van der Waals surface area contributed by atoms with Crippen LogP contribution in [0.1, 0.15) is 13.3 Å². The SMILES string of the molecule is CC(=O)SC1CC(=O)N(c2ncnc3n[nH]c(Br)c23)C1. The van der Waals surface area contributed by atoms with E-state index in [0.29, 0.717) is 34.4 Å². The van der Waals surface area contributed by atoms with E-state index < -0.39 is 0 Å². The zero-order valence-corrected chi connectivity index (χ0v) is 12.9. The van der Waals surface area contributed by atoms with Crippen LogP contribution < -0.4 is 4.90 Å². The number of hydrogen-bond acceptors (Lipinski definition) is 6. The van der Waals surface area contributed by atoms with Crippen LogP contribution in [0.15, 0.2) is 10.9 Å². The maximum atomic E-state index is 12.1. The molecule has 1 saturated heterocycles. The van der Waals surface area contributed by atoms with Gasteiger partial charge in [0, 0.05) is 25.1 Å². The lowest BCUT2D eigenvalue weighted by Crippen LogP contribution is -2.26. The number of aromatic nitrogens is 4. The molecule has 0 saturated carbocycles. The highest BCUT2D eigenvalue weighted by Gasteiger charge is 2.34. The summed E-state index contributed by atoms with van der Waals surface area (Å²) in [7, 11) is 0. The Labute approximate surface area is 126 Å². The smallest absolute Gasteiger partial charge is 0.229 e. The van der Waals surface area contributed by atoms with Gasteiger partial charge in [-0.15, -0.1) is 0 Å². The minimum absolute atomic E-state index is 0.0157. The van der Waals surface area contributed by atoms with Gasteiger partial charge in [0.05, 0.1) is 5.39 Å². The standard InChI is InChI=1S/C11H10BrN5O2S/c1-5(18)20-6-2-7(19)17(3-6)11-8-9(12)15-16-10(8)13-4-14-11/h4,6H,2-3H2,1H3,(H,13,14,15,16). The third-order valence-corrected chi connectivity index (χ3v) is 4.52. The van der Waals surface area contributed by atoms with Crippen molar-refractivity contribution in [3.63, 3.8) is 0 Å². The van der Waals surface area contributed by atoms with Crippen LogP contribution in [0.5, 0.6) is 0 Å². The van der Waals surface area contributed by atoms with Gasteiger partial charge >= 0.3 is 0 Å². The average molecular weight is 356 g/mol. The van der Waals surface area contributed by atoms with Crippen LogP contribution in [0.4, 0.5) is 5.82 Å². The second-order valence-corrected chi connectivity index (χ2v) is 6.64. The van der Waals surface area contributed by atoms with Crippen molar-refractivity contribution in [1.29, 1.82) is 0 Å². The molecule has 2 aromatic heterocycles. The molecular weight excluding hydrogens is 346 g/mol. The first-order valence-electron chi connectivity index (χ1n) is 5.88. The highest BCUT2D eigenvalue weighted by Crippen LogP contribution is 2.33. The fraction of sp³-hybridized carbons (Fsp3) is 0.364. The summed E-state index contributed by atoms with van der Waals surface area (Å²) in [4.78, 5) is 33.1. The Hall–Kier alpha value is -1.48. The van der Waals surface area contributed by atoms with E-state index in [0.717, 1.165) is 0 Å². The molecule has 1 atom stereocenters. The largest absolute Gasteiger partial charge is 0.295 e. The number of H-pyrrole nitrogens is 1. The molecule has 104 valence electrons. The maximum Gasteiger partial charge on any atom is 0.229 e. The molecule has 0 aliphatic carbocycles. The molecule has 0 aromatic carbocycles. The number of hydrogen-bond donors (Lipinski definition) is 1. The first kappa shape index (κ1) is 13.5. The highest BCUT2D eigenvalue weighted by atomic mass is 79.9. The summed E-state index contributed by atoms with van der Waals surface area (Å²) in [6, 6.07) is 0. The van der Waals surface area contributed by atoms with Crippen molar-refractivity contribution >= 4 is 55.6 Å². The van der Waals surface area contributed by atoms with Crippen LogP contribution in [0.25, 0.3) is 11.0 Å². The van der Waals surface area contributed by atoms with Crippen LogP contribution in [0, 0.1) is 0 Å². The fourth-order valence-corrected chi connectivity index (χ4v) is 3.57. The van der Waals surface area contributed by atoms with E-state index >= 15 is 0 Å². The van der Waals surface area contributed by atoms with E-state index in [1.807, 2.05) is 0 Å². The number of carbonyl (C=O) groups is 2. The van der Waals surface area contributed by atoms with Gasteiger partial charge in [0.2, 0.25) is 5.91 Å². The molecule has 9 heteroatoms. The van der Waals surface area contributed by atoms with Gasteiger partial charge in [-0.05, 0) is 15.9 Å². The van der Waals surface area contributed by atoms with Crippen molar-refractivity contribution in [3.05, 3.63) is 10.9 Å². The molecule has 0 spiro atoms. The molecule has 1 N–H and O–H groups in total. The number of nitrogens with one attached hydrogen (secondary N) is 1. The van der Waals surface area contributed by atoms with Crippen LogP contribution in [0.2, 0.25) is 0 Å². The topological polar surface area (TPSA) is 91.8 Å². The molecule has 1 unspecified atom stereocenters. The van der Waals surface area contributed by atoms with Gasteiger partial charge in [0.15, 0.2) is 16.6 Å². The van der Waals surface area contributed by atoms with E-state index in [1.54, 1.807) is 4.90 Å². The number of aromatic amines is 1. The Morgan fingerprint density at radius 2 is 2.35 bits per heavy atom. The first-order valence-corrected chi connectivity index (χ1v) is 7.55. The van der Waals surface area contributed by atoms with Crippen molar-refractivity contribution < 1.29 is 9.59 Å². The predicted octanol–water partition coefficient (Wildman–Crippen LogP) is 1.50. The molecule has 1 aliphatic heterocycles. The number of fused-ring (bicyclic) bond motifs is 1. The third kappa shape index (κ3) is 2.31. The number of thioether (sulfide) groups is 1. The van der Waals surface area contributed by atoms with Crippen molar-refractivity contribution in [3.8, 4) is 0 Å². The molecule has 3 heterocycles. The molecule has 0 bridgehead atoms. The average Bonchev–Trinajstić information content (AvgIpc) is 2.93. The van der Waals surface area contributed by atoms with E-state index in [4.69, 9.17) is 0 Å². The Bertz CT molecular complexity index is 703. The molecule has 1 amide bonds. The van der Waals surface area contributed by atoms with Crippen LogP contribution >= 0.6 is 27.7 Å². The molecule has 1 aliphatic rings. The number of nitrogens with zero attached hydrogens (tertiary/aromatic N) is 4. The van der Waals surface area contributed by atoms with Gasteiger partial charge in [0.1, 0.15) is 10.9 Å². The first-order chi connectivity index (χ1) is 9.56. The van der Waals surface area contributed by atoms with Gasteiger partial charge in [-0.2, -0.15) is 5.10 Å². The summed E-state index contributed by atoms with van der Waals surface area (Å²) in [5.41, 5.74) is 0.498. The number of rotatable bonds is 2. The number of halogens is 1. The lowest BCUT2D eigenvalue weighted by Gasteiger charge is -2.15. The van der Waals surface area contributed by atoms with Gasteiger partial charge in [-0.1, -0.05) is 11.8 Å². The van der Waals surface area contributed by atoms with Crippen LogP contribution in [-0.2, 0) is 9.59 Å². The summed E-state index contributed by atoms with van der Waals surface area (Å²) in [5, 5.41) is 7.45. The predicted molar refractivity (Wildman–Crippen MR) is 78.4 cm³/mol. The number of anilines is 1. The van der Waals surface area contributed by atoms with Crippen molar-refractivity contribution in [2.75, 3.05) is 11.4 Å². The third-order valence-electron chi connectivity index (χ3n) is 2.96.